The number of furan rings is 1. The highest BCUT2D eigenvalue weighted by Crippen LogP contribution is 2.34. The van der Waals surface area contributed by atoms with Crippen molar-refractivity contribution in [2.75, 3.05) is 6.54 Å². The molecule has 0 saturated carbocycles. The van der Waals surface area contributed by atoms with Gasteiger partial charge in [-0.1, -0.05) is 24.6 Å². The van der Waals surface area contributed by atoms with E-state index in [1.807, 2.05) is 0 Å². The van der Waals surface area contributed by atoms with Gasteiger partial charge in [0.05, 0.1) is 17.8 Å². The number of halogens is 3. The second-order valence-corrected chi connectivity index (χ2v) is 5.39. The lowest BCUT2D eigenvalue weighted by atomic mass is 10.1. The standard InChI is InChI=1S/C14H14BrClFNO/c1-2-6-18-8-12-9(5-7-19-12)10-3-4-11(15)13(16)14(10)17/h3-5,7,18H,2,6,8H2,1H3. The van der Waals surface area contributed by atoms with Crippen LogP contribution in [0.4, 0.5) is 4.39 Å². The van der Waals surface area contributed by atoms with Crippen molar-refractivity contribution in [1.82, 2.24) is 5.32 Å². The van der Waals surface area contributed by atoms with Gasteiger partial charge in [-0.2, -0.15) is 0 Å². The largest absolute Gasteiger partial charge is 0.467 e. The first-order chi connectivity index (χ1) is 9.15. The van der Waals surface area contributed by atoms with Crippen molar-refractivity contribution in [2.45, 2.75) is 19.9 Å². The molecular formula is C14H14BrClFNO. The third kappa shape index (κ3) is 3.19. The fourth-order valence-corrected chi connectivity index (χ4v) is 2.30. The second kappa shape index (κ2) is 6.55. The van der Waals surface area contributed by atoms with Gasteiger partial charge in [0.1, 0.15) is 5.76 Å². The third-order valence-electron chi connectivity index (χ3n) is 2.78. The maximum absolute atomic E-state index is 14.2. The van der Waals surface area contributed by atoms with Crippen LogP contribution < -0.4 is 5.32 Å². The summed E-state index contributed by atoms with van der Waals surface area (Å²) in [6, 6.07) is 5.18. The molecule has 0 amide bonds. The average Bonchev–Trinajstić information content (AvgIpc) is 2.85. The molecule has 2 rings (SSSR count). The van der Waals surface area contributed by atoms with E-state index in [0.717, 1.165) is 18.5 Å². The molecule has 1 aromatic heterocycles. The van der Waals surface area contributed by atoms with Gasteiger partial charge in [-0.25, -0.2) is 4.39 Å². The first kappa shape index (κ1) is 14.6. The van der Waals surface area contributed by atoms with Gasteiger partial charge >= 0.3 is 0 Å². The molecule has 0 unspecified atom stereocenters. The molecule has 0 fully saturated rings. The molecule has 0 bridgehead atoms. The SMILES string of the molecule is CCCNCc1occc1-c1ccc(Br)c(Cl)c1F. The molecule has 0 aliphatic carbocycles. The smallest absolute Gasteiger partial charge is 0.150 e. The van der Waals surface area contributed by atoms with Crippen LogP contribution in [0.15, 0.2) is 33.4 Å². The minimum absolute atomic E-state index is 0.0890. The minimum atomic E-state index is -0.436. The number of rotatable bonds is 5. The summed E-state index contributed by atoms with van der Waals surface area (Å²) in [5, 5.41) is 3.32. The summed E-state index contributed by atoms with van der Waals surface area (Å²) in [7, 11) is 0. The van der Waals surface area contributed by atoms with E-state index in [1.165, 1.54) is 0 Å². The molecule has 0 aliphatic heterocycles. The molecule has 5 heteroatoms. The van der Waals surface area contributed by atoms with Gasteiger partial charge in [-0.3, -0.25) is 0 Å². The lowest BCUT2D eigenvalue weighted by Crippen LogP contribution is -2.13. The Morgan fingerprint density at radius 3 is 2.84 bits per heavy atom. The van der Waals surface area contributed by atoms with Crippen LogP contribution >= 0.6 is 27.5 Å². The molecule has 2 aromatic rings. The molecule has 0 spiro atoms. The number of hydrogen-bond acceptors (Lipinski definition) is 2. The van der Waals surface area contributed by atoms with Crippen molar-refractivity contribution >= 4 is 27.5 Å². The quantitative estimate of drug-likeness (QED) is 0.609. The van der Waals surface area contributed by atoms with Gasteiger partial charge in [0.2, 0.25) is 0 Å². The van der Waals surface area contributed by atoms with Gasteiger partial charge in [-0.05, 0) is 41.0 Å². The van der Waals surface area contributed by atoms with Crippen LogP contribution in [0.2, 0.25) is 5.02 Å². The zero-order valence-electron chi connectivity index (χ0n) is 10.5. The molecule has 1 N–H and O–H groups in total. The Bertz CT molecular complexity index is 571. The van der Waals surface area contributed by atoms with E-state index >= 15 is 0 Å². The molecule has 1 aromatic carbocycles. The molecular weight excluding hydrogens is 333 g/mol. The zero-order chi connectivity index (χ0) is 13.8. The van der Waals surface area contributed by atoms with Gasteiger partial charge in [0.25, 0.3) is 0 Å². The summed E-state index contributed by atoms with van der Waals surface area (Å²) in [4.78, 5) is 0. The summed E-state index contributed by atoms with van der Waals surface area (Å²) in [5.74, 6) is 0.278. The Morgan fingerprint density at radius 2 is 2.11 bits per heavy atom. The Kier molecular flexibility index (Phi) is 5.02. The Hall–Kier alpha value is -0.840. The average molecular weight is 347 g/mol. The van der Waals surface area contributed by atoms with E-state index in [2.05, 4.69) is 28.2 Å². The van der Waals surface area contributed by atoms with Crippen LogP contribution in [-0.4, -0.2) is 6.54 Å². The number of benzene rings is 1. The second-order valence-electron chi connectivity index (χ2n) is 4.16. The van der Waals surface area contributed by atoms with Crippen LogP contribution in [0.25, 0.3) is 11.1 Å². The van der Waals surface area contributed by atoms with E-state index in [9.17, 15) is 4.39 Å². The van der Waals surface area contributed by atoms with E-state index in [4.69, 9.17) is 16.0 Å². The van der Waals surface area contributed by atoms with Crippen molar-refractivity contribution in [3.05, 3.63) is 45.5 Å². The van der Waals surface area contributed by atoms with Crippen molar-refractivity contribution in [3.8, 4) is 11.1 Å². The van der Waals surface area contributed by atoms with Crippen molar-refractivity contribution in [2.24, 2.45) is 0 Å². The molecule has 0 atom stereocenters. The Morgan fingerprint density at radius 1 is 1.32 bits per heavy atom. The van der Waals surface area contributed by atoms with Crippen molar-refractivity contribution < 1.29 is 8.81 Å². The molecule has 2 nitrogen and oxygen atoms in total. The third-order valence-corrected chi connectivity index (χ3v) is 4.04. The molecule has 1 heterocycles. The molecule has 0 aliphatic rings. The normalized spacial score (nSPS) is 10.9. The summed E-state index contributed by atoms with van der Waals surface area (Å²) >= 11 is 9.12. The highest BCUT2D eigenvalue weighted by atomic mass is 79.9. The monoisotopic (exact) mass is 345 g/mol. The lowest BCUT2D eigenvalue weighted by Gasteiger charge is -2.07. The van der Waals surface area contributed by atoms with Crippen molar-refractivity contribution in [1.29, 1.82) is 0 Å². The lowest BCUT2D eigenvalue weighted by molar-refractivity contribution is 0.484. The highest BCUT2D eigenvalue weighted by molar-refractivity contribution is 9.10. The van der Waals surface area contributed by atoms with E-state index < -0.39 is 5.82 Å². The van der Waals surface area contributed by atoms with Crippen LogP contribution in [0.5, 0.6) is 0 Å². The molecule has 102 valence electrons. The maximum atomic E-state index is 14.2. The Balaban J connectivity index is 2.32. The van der Waals surface area contributed by atoms with Crippen LogP contribution in [0, 0.1) is 5.82 Å². The summed E-state index contributed by atoms with van der Waals surface area (Å²) in [5.41, 5.74) is 1.19. The van der Waals surface area contributed by atoms with Crippen molar-refractivity contribution in [3.63, 3.8) is 0 Å². The fourth-order valence-electron chi connectivity index (χ4n) is 1.83. The zero-order valence-corrected chi connectivity index (χ0v) is 12.8. The predicted molar refractivity (Wildman–Crippen MR) is 78.8 cm³/mol. The number of nitrogens with one attached hydrogen (secondary N) is 1. The van der Waals surface area contributed by atoms with Crippen LogP contribution in [0.1, 0.15) is 19.1 Å². The molecule has 0 saturated heterocycles. The topological polar surface area (TPSA) is 25.2 Å². The summed E-state index contributed by atoms with van der Waals surface area (Å²) in [6.45, 7) is 3.55. The number of hydrogen-bond donors (Lipinski definition) is 1. The van der Waals surface area contributed by atoms with Gasteiger partial charge in [-0.15, -0.1) is 0 Å². The van der Waals surface area contributed by atoms with Gasteiger partial charge < -0.3 is 9.73 Å². The van der Waals surface area contributed by atoms with E-state index in [1.54, 1.807) is 24.5 Å². The molecule has 19 heavy (non-hydrogen) atoms. The van der Waals surface area contributed by atoms with Gasteiger partial charge in [0, 0.05) is 15.6 Å². The maximum Gasteiger partial charge on any atom is 0.150 e. The molecule has 0 radical (unpaired) electrons. The summed E-state index contributed by atoms with van der Waals surface area (Å²) in [6.07, 6.45) is 2.60. The van der Waals surface area contributed by atoms with Crippen LogP contribution in [-0.2, 0) is 6.54 Å². The minimum Gasteiger partial charge on any atom is -0.467 e. The van der Waals surface area contributed by atoms with Crippen LogP contribution in [0.3, 0.4) is 0 Å². The predicted octanol–water partition coefficient (Wildman–Crippen LogP) is 5.00. The summed E-state index contributed by atoms with van der Waals surface area (Å²) < 4.78 is 20.1. The Labute approximate surface area is 125 Å². The highest BCUT2D eigenvalue weighted by Gasteiger charge is 2.16. The first-order valence-electron chi connectivity index (χ1n) is 6.06. The fraction of sp³-hybridized carbons (Fsp3) is 0.286. The van der Waals surface area contributed by atoms with E-state index in [-0.39, 0.29) is 5.02 Å². The van der Waals surface area contributed by atoms with Gasteiger partial charge in [0.15, 0.2) is 5.82 Å². The first-order valence-corrected chi connectivity index (χ1v) is 7.23. The van der Waals surface area contributed by atoms with E-state index in [0.29, 0.717) is 22.3 Å².